The molecule has 0 spiro atoms. The van der Waals surface area contributed by atoms with Crippen molar-refractivity contribution in [2.45, 2.75) is 33.6 Å². The van der Waals surface area contributed by atoms with Crippen LogP contribution >= 0.6 is 0 Å². The molecule has 1 fully saturated rings. The number of carbonyl (C=O) groups excluding carboxylic acids is 2. The third kappa shape index (κ3) is 2.65. The molecule has 0 radical (unpaired) electrons. The van der Waals surface area contributed by atoms with Gasteiger partial charge in [-0.2, -0.15) is 4.39 Å². The minimum atomic E-state index is -1.01. The summed E-state index contributed by atoms with van der Waals surface area (Å²) in [6.07, 6.45) is 1.04. The minimum Gasteiger partial charge on any atom is -0.465 e. The summed E-state index contributed by atoms with van der Waals surface area (Å²) < 4.78 is 23.2. The molecule has 17 heavy (non-hydrogen) atoms. The predicted octanol–water partition coefficient (Wildman–Crippen LogP) is 2.14. The van der Waals surface area contributed by atoms with Gasteiger partial charge in [-0.15, -0.1) is 0 Å². The summed E-state index contributed by atoms with van der Waals surface area (Å²) in [5.74, 6) is -2.45. The first-order valence-electron chi connectivity index (χ1n) is 5.70. The van der Waals surface area contributed by atoms with Crippen LogP contribution in [-0.4, -0.2) is 25.2 Å². The first-order chi connectivity index (χ1) is 7.99. The van der Waals surface area contributed by atoms with E-state index in [1.807, 2.05) is 0 Å². The summed E-state index contributed by atoms with van der Waals surface area (Å²) in [6, 6.07) is 0. The molecule has 4 nitrogen and oxygen atoms in total. The molecule has 0 aliphatic heterocycles. The van der Waals surface area contributed by atoms with Crippen molar-refractivity contribution in [1.82, 2.24) is 0 Å². The Kier molecular flexibility index (Phi) is 4.26. The molecule has 0 aromatic heterocycles. The molecule has 1 saturated carbocycles. The predicted molar refractivity (Wildman–Crippen MR) is 58.7 cm³/mol. The number of rotatable bonds is 5. The van der Waals surface area contributed by atoms with Crippen molar-refractivity contribution in [2.24, 2.45) is 5.41 Å². The summed E-state index contributed by atoms with van der Waals surface area (Å²) in [5, 5.41) is 0. The van der Waals surface area contributed by atoms with Crippen LogP contribution in [0.15, 0.2) is 11.4 Å². The van der Waals surface area contributed by atoms with Gasteiger partial charge in [0.05, 0.1) is 18.6 Å². The van der Waals surface area contributed by atoms with Crippen molar-refractivity contribution in [2.75, 3.05) is 13.2 Å². The van der Waals surface area contributed by atoms with Crippen LogP contribution in [0, 0.1) is 5.41 Å². The molecule has 1 aliphatic rings. The van der Waals surface area contributed by atoms with E-state index in [0.717, 1.165) is 0 Å². The largest absolute Gasteiger partial charge is 0.465 e. The number of ether oxygens (including phenoxy) is 2. The maximum Gasteiger partial charge on any atom is 0.367 e. The van der Waals surface area contributed by atoms with Crippen molar-refractivity contribution in [3.8, 4) is 0 Å². The van der Waals surface area contributed by atoms with Crippen LogP contribution < -0.4 is 0 Å². The SMILES string of the molecule is CCOC(=O)C(F)=C(C)C1(C(=O)OCC)CC1. The van der Waals surface area contributed by atoms with E-state index in [-0.39, 0.29) is 18.8 Å². The maximum absolute atomic E-state index is 13.7. The van der Waals surface area contributed by atoms with E-state index in [0.29, 0.717) is 12.8 Å². The van der Waals surface area contributed by atoms with E-state index in [9.17, 15) is 14.0 Å². The molecule has 0 aromatic rings. The van der Waals surface area contributed by atoms with Gasteiger partial charge in [-0.1, -0.05) is 0 Å². The molecule has 1 rings (SSSR count). The van der Waals surface area contributed by atoms with Crippen LogP contribution in [0.2, 0.25) is 0 Å². The molecule has 0 atom stereocenters. The molecule has 0 unspecified atom stereocenters. The zero-order valence-corrected chi connectivity index (χ0v) is 10.3. The van der Waals surface area contributed by atoms with E-state index in [1.165, 1.54) is 6.92 Å². The monoisotopic (exact) mass is 244 g/mol. The zero-order chi connectivity index (χ0) is 13.1. The highest BCUT2D eigenvalue weighted by atomic mass is 19.1. The summed E-state index contributed by atoms with van der Waals surface area (Å²) in [7, 11) is 0. The van der Waals surface area contributed by atoms with E-state index in [2.05, 4.69) is 4.74 Å². The van der Waals surface area contributed by atoms with E-state index in [1.54, 1.807) is 13.8 Å². The highest BCUT2D eigenvalue weighted by molar-refractivity contribution is 5.91. The van der Waals surface area contributed by atoms with Gasteiger partial charge in [0.25, 0.3) is 0 Å². The third-order valence-electron chi connectivity index (χ3n) is 2.92. The molecule has 1 aliphatic carbocycles. The zero-order valence-electron chi connectivity index (χ0n) is 10.3. The van der Waals surface area contributed by atoms with Crippen LogP contribution in [0.1, 0.15) is 33.6 Å². The Morgan fingerprint density at radius 3 is 2.12 bits per heavy atom. The number of esters is 2. The Labute approximate surface area is 99.8 Å². The van der Waals surface area contributed by atoms with Gasteiger partial charge in [0.1, 0.15) is 0 Å². The fourth-order valence-electron chi connectivity index (χ4n) is 1.68. The molecule has 0 bridgehead atoms. The van der Waals surface area contributed by atoms with Crippen LogP contribution in [-0.2, 0) is 19.1 Å². The lowest BCUT2D eigenvalue weighted by Gasteiger charge is -2.15. The summed E-state index contributed by atoms with van der Waals surface area (Å²) >= 11 is 0. The summed E-state index contributed by atoms with van der Waals surface area (Å²) in [5.41, 5.74) is -0.818. The molecule has 0 aromatic carbocycles. The van der Waals surface area contributed by atoms with Crippen molar-refractivity contribution >= 4 is 11.9 Å². The van der Waals surface area contributed by atoms with Gasteiger partial charge in [0.2, 0.25) is 5.83 Å². The van der Waals surface area contributed by atoms with Crippen LogP contribution in [0.25, 0.3) is 0 Å². The molecular formula is C12H17FO4. The second-order valence-corrected chi connectivity index (χ2v) is 3.96. The molecule has 0 saturated heterocycles. The van der Waals surface area contributed by atoms with Gasteiger partial charge in [0, 0.05) is 0 Å². The van der Waals surface area contributed by atoms with E-state index in [4.69, 9.17) is 4.74 Å². The van der Waals surface area contributed by atoms with Crippen molar-refractivity contribution in [3.63, 3.8) is 0 Å². The fraction of sp³-hybridized carbons (Fsp3) is 0.667. The smallest absolute Gasteiger partial charge is 0.367 e. The maximum atomic E-state index is 13.7. The Hall–Kier alpha value is -1.39. The molecule has 0 heterocycles. The molecule has 0 N–H and O–H groups in total. The summed E-state index contributed by atoms with van der Waals surface area (Å²) in [4.78, 5) is 22.9. The lowest BCUT2D eigenvalue weighted by Crippen LogP contribution is -2.22. The third-order valence-corrected chi connectivity index (χ3v) is 2.92. The number of carbonyl (C=O) groups is 2. The Morgan fingerprint density at radius 1 is 1.18 bits per heavy atom. The van der Waals surface area contributed by atoms with Gasteiger partial charge < -0.3 is 9.47 Å². The summed E-state index contributed by atoms with van der Waals surface area (Å²) in [6.45, 7) is 5.07. The Bertz CT molecular complexity index is 356. The molecular weight excluding hydrogens is 227 g/mol. The second kappa shape index (κ2) is 5.29. The van der Waals surface area contributed by atoms with Gasteiger partial charge in [-0.25, -0.2) is 4.79 Å². The van der Waals surface area contributed by atoms with Gasteiger partial charge in [0.15, 0.2) is 0 Å². The minimum absolute atomic E-state index is 0.103. The first kappa shape index (κ1) is 13.7. The van der Waals surface area contributed by atoms with Gasteiger partial charge in [-0.05, 0) is 39.2 Å². The lowest BCUT2D eigenvalue weighted by atomic mass is 9.96. The van der Waals surface area contributed by atoms with Crippen molar-refractivity contribution in [3.05, 3.63) is 11.4 Å². The Morgan fingerprint density at radius 2 is 1.71 bits per heavy atom. The number of hydrogen-bond acceptors (Lipinski definition) is 4. The molecule has 0 amide bonds. The second-order valence-electron chi connectivity index (χ2n) is 3.96. The van der Waals surface area contributed by atoms with E-state index >= 15 is 0 Å². The highest BCUT2D eigenvalue weighted by Gasteiger charge is 2.54. The van der Waals surface area contributed by atoms with Crippen LogP contribution in [0.4, 0.5) is 4.39 Å². The average molecular weight is 244 g/mol. The van der Waals surface area contributed by atoms with E-state index < -0.39 is 23.2 Å². The lowest BCUT2D eigenvalue weighted by molar-refractivity contribution is -0.148. The van der Waals surface area contributed by atoms with Crippen molar-refractivity contribution in [1.29, 1.82) is 0 Å². The number of hydrogen-bond donors (Lipinski definition) is 0. The molecule has 5 heteroatoms. The highest BCUT2D eigenvalue weighted by Crippen LogP contribution is 2.53. The van der Waals surface area contributed by atoms with Gasteiger partial charge in [-0.3, -0.25) is 4.79 Å². The Balaban J connectivity index is 2.88. The first-order valence-corrected chi connectivity index (χ1v) is 5.70. The molecule has 96 valence electrons. The van der Waals surface area contributed by atoms with Crippen LogP contribution in [0.5, 0.6) is 0 Å². The number of halogens is 1. The standard InChI is InChI=1S/C12H17FO4/c1-4-16-10(14)9(13)8(3)12(6-7-12)11(15)17-5-2/h4-7H2,1-3H3. The topological polar surface area (TPSA) is 52.6 Å². The normalized spacial score (nSPS) is 18.1. The fourth-order valence-corrected chi connectivity index (χ4v) is 1.68. The quantitative estimate of drug-likeness (QED) is 0.549. The average Bonchev–Trinajstić information content (AvgIpc) is 3.09. The van der Waals surface area contributed by atoms with Crippen LogP contribution in [0.3, 0.4) is 0 Å². The van der Waals surface area contributed by atoms with Gasteiger partial charge >= 0.3 is 11.9 Å². The van der Waals surface area contributed by atoms with Crippen molar-refractivity contribution < 1.29 is 23.5 Å².